The average molecular weight is 300 g/mol. The quantitative estimate of drug-likeness (QED) is 0.883. The number of carbonyl (C=O) groups excluding carboxylic acids is 2. The SMILES string of the molecule is CCOC(=O)c1ccc(NC(=O)c2cc(C)n(C)c2C)cc1. The smallest absolute Gasteiger partial charge is 0.338 e. The van der Waals surface area contributed by atoms with Gasteiger partial charge in [-0.1, -0.05) is 0 Å². The van der Waals surface area contributed by atoms with Gasteiger partial charge in [0.15, 0.2) is 0 Å². The third-order valence-corrected chi connectivity index (χ3v) is 3.67. The van der Waals surface area contributed by atoms with Gasteiger partial charge in [-0.2, -0.15) is 0 Å². The highest BCUT2D eigenvalue weighted by Crippen LogP contribution is 2.16. The van der Waals surface area contributed by atoms with Gasteiger partial charge in [-0.15, -0.1) is 0 Å². The zero-order valence-corrected chi connectivity index (χ0v) is 13.3. The second kappa shape index (κ2) is 6.47. The van der Waals surface area contributed by atoms with Gasteiger partial charge in [0, 0.05) is 24.1 Å². The highest BCUT2D eigenvalue weighted by molar-refractivity contribution is 6.05. The molecule has 0 spiro atoms. The van der Waals surface area contributed by atoms with Gasteiger partial charge in [0.05, 0.1) is 17.7 Å². The van der Waals surface area contributed by atoms with Gasteiger partial charge in [-0.3, -0.25) is 4.79 Å². The molecular weight excluding hydrogens is 280 g/mol. The number of hydrogen-bond acceptors (Lipinski definition) is 3. The summed E-state index contributed by atoms with van der Waals surface area (Å²) < 4.78 is 6.89. The number of ether oxygens (including phenoxy) is 1. The van der Waals surface area contributed by atoms with E-state index in [1.54, 1.807) is 31.2 Å². The van der Waals surface area contributed by atoms with Crippen molar-refractivity contribution in [3.8, 4) is 0 Å². The summed E-state index contributed by atoms with van der Waals surface area (Å²) in [6, 6.07) is 8.51. The van der Waals surface area contributed by atoms with Crippen LogP contribution in [0.2, 0.25) is 0 Å². The van der Waals surface area contributed by atoms with E-state index in [9.17, 15) is 9.59 Å². The molecule has 0 radical (unpaired) electrons. The minimum atomic E-state index is -0.366. The maximum Gasteiger partial charge on any atom is 0.338 e. The lowest BCUT2D eigenvalue weighted by Crippen LogP contribution is -2.13. The van der Waals surface area contributed by atoms with E-state index in [2.05, 4.69) is 5.32 Å². The summed E-state index contributed by atoms with van der Waals surface area (Å²) in [4.78, 5) is 23.9. The van der Waals surface area contributed by atoms with Crippen molar-refractivity contribution in [2.45, 2.75) is 20.8 Å². The fraction of sp³-hybridized carbons (Fsp3) is 0.294. The molecule has 1 N–H and O–H groups in total. The number of aromatic nitrogens is 1. The number of amides is 1. The predicted octanol–water partition coefficient (Wildman–Crippen LogP) is 3.07. The van der Waals surface area contributed by atoms with Crippen LogP contribution in [-0.2, 0) is 11.8 Å². The number of esters is 1. The van der Waals surface area contributed by atoms with Crippen LogP contribution in [-0.4, -0.2) is 23.1 Å². The Hall–Kier alpha value is -2.56. The first-order valence-corrected chi connectivity index (χ1v) is 7.15. The molecule has 1 heterocycles. The van der Waals surface area contributed by atoms with Crippen LogP contribution in [0.15, 0.2) is 30.3 Å². The molecule has 0 unspecified atom stereocenters. The highest BCUT2D eigenvalue weighted by atomic mass is 16.5. The summed E-state index contributed by atoms with van der Waals surface area (Å²) in [5.41, 5.74) is 3.69. The van der Waals surface area contributed by atoms with Crippen molar-refractivity contribution in [2.24, 2.45) is 7.05 Å². The van der Waals surface area contributed by atoms with E-state index in [0.29, 0.717) is 23.4 Å². The Morgan fingerprint density at radius 2 is 1.82 bits per heavy atom. The van der Waals surface area contributed by atoms with Crippen LogP contribution in [0.1, 0.15) is 39.0 Å². The molecule has 1 amide bonds. The van der Waals surface area contributed by atoms with Gasteiger partial charge >= 0.3 is 5.97 Å². The van der Waals surface area contributed by atoms with Gasteiger partial charge in [-0.05, 0) is 51.1 Å². The molecule has 22 heavy (non-hydrogen) atoms. The lowest BCUT2D eigenvalue weighted by atomic mass is 10.2. The number of benzene rings is 1. The Bertz CT molecular complexity index is 699. The van der Waals surface area contributed by atoms with E-state index in [4.69, 9.17) is 4.74 Å². The van der Waals surface area contributed by atoms with Gasteiger partial charge in [0.25, 0.3) is 5.91 Å². The summed E-state index contributed by atoms with van der Waals surface area (Å²) in [6.07, 6.45) is 0. The van der Waals surface area contributed by atoms with Crippen LogP contribution >= 0.6 is 0 Å². The topological polar surface area (TPSA) is 60.3 Å². The van der Waals surface area contributed by atoms with Crippen LogP contribution in [0, 0.1) is 13.8 Å². The molecule has 1 aromatic heterocycles. The lowest BCUT2D eigenvalue weighted by molar-refractivity contribution is 0.0526. The summed E-state index contributed by atoms with van der Waals surface area (Å²) in [6.45, 7) is 5.96. The molecule has 0 fully saturated rings. The minimum absolute atomic E-state index is 0.162. The molecule has 5 nitrogen and oxygen atoms in total. The molecule has 5 heteroatoms. The van der Waals surface area contributed by atoms with Crippen molar-refractivity contribution in [3.05, 3.63) is 52.8 Å². The molecule has 0 bridgehead atoms. The zero-order chi connectivity index (χ0) is 16.3. The molecule has 2 rings (SSSR count). The maximum atomic E-state index is 12.3. The lowest BCUT2D eigenvalue weighted by Gasteiger charge is -2.07. The van der Waals surface area contributed by atoms with Crippen LogP contribution in [0.4, 0.5) is 5.69 Å². The van der Waals surface area contributed by atoms with E-state index in [1.807, 2.05) is 31.5 Å². The monoisotopic (exact) mass is 300 g/mol. The molecule has 0 atom stereocenters. The first-order valence-electron chi connectivity index (χ1n) is 7.15. The van der Waals surface area contributed by atoms with Gasteiger partial charge in [0.2, 0.25) is 0 Å². The maximum absolute atomic E-state index is 12.3. The van der Waals surface area contributed by atoms with Crippen LogP contribution in [0.5, 0.6) is 0 Å². The predicted molar refractivity (Wildman–Crippen MR) is 85.2 cm³/mol. The van der Waals surface area contributed by atoms with Crippen molar-refractivity contribution in [1.29, 1.82) is 0 Å². The third kappa shape index (κ3) is 3.19. The zero-order valence-electron chi connectivity index (χ0n) is 13.3. The third-order valence-electron chi connectivity index (χ3n) is 3.67. The Balaban J connectivity index is 2.12. The van der Waals surface area contributed by atoms with E-state index in [1.165, 1.54) is 0 Å². The van der Waals surface area contributed by atoms with Gasteiger partial charge in [0.1, 0.15) is 0 Å². The molecule has 0 saturated heterocycles. The van der Waals surface area contributed by atoms with E-state index in [-0.39, 0.29) is 11.9 Å². The summed E-state index contributed by atoms with van der Waals surface area (Å²) in [5.74, 6) is -0.528. The summed E-state index contributed by atoms with van der Waals surface area (Å²) in [7, 11) is 1.93. The number of rotatable bonds is 4. The number of aryl methyl sites for hydroxylation is 1. The number of anilines is 1. The molecule has 116 valence electrons. The number of nitrogens with zero attached hydrogens (tertiary/aromatic N) is 1. The van der Waals surface area contributed by atoms with Gasteiger partial charge < -0.3 is 14.6 Å². The minimum Gasteiger partial charge on any atom is -0.462 e. The average Bonchev–Trinajstić information content (AvgIpc) is 2.76. The fourth-order valence-electron chi connectivity index (χ4n) is 2.19. The Kier molecular flexibility index (Phi) is 4.65. The van der Waals surface area contributed by atoms with E-state index in [0.717, 1.165) is 11.4 Å². The van der Waals surface area contributed by atoms with Crippen molar-refractivity contribution in [1.82, 2.24) is 4.57 Å². The van der Waals surface area contributed by atoms with Crippen molar-refractivity contribution in [2.75, 3.05) is 11.9 Å². The Labute approximate surface area is 129 Å². The first kappa shape index (κ1) is 15.8. The summed E-state index contributed by atoms with van der Waals surface area (Å²) >= 11 is 0. The van der Waals surface area contributed by atoms with E-state index >= 15 is 0 Å². The highest BCUT2D eigenvalue weighted by Gasteiger charge is 2.14. The molecule has 2 aromatic rings. The molecular formula is C17H20N2O3. The molecule has 0 saturated carbocycles. The van der Waals surface area contributed by atoms with Crippen LogP contribution in [0.25, 0.3) is 0 Å². The molecule has 1 aromatic carbocycles. The van der Waals surface area contributed by atoms with Crippen molar-refractivity contribution >= 4 is 17.6 Å². The van der Waals surface area contributed by atoms with Crippen molar-refractivity contribution in [3.63, 3.8) is 0 Å². The number of nitrogens with one attached hydrogen (secondary N) is 1. The Morgan fingerprint density at radius 1 is 1.18 bits per heavy atom. The summed E-state index contributed by atoms with van der Waals surface area (Å²) in [5, 5.41) is 2.83. The largest absolute Gasteiger partial charge is 0.462 e. The van der Waals surface area contributed by atoms with Crippen molar-refractivity contribution < 1.29 is 14.3 Å². The van der Waals surface area contributed by atoms with Crippen LogP contribution in [0.3, 0.4) is 0 Å². The van der Waals surface area contributed by atoms with Crippen LogP contribution < -0.4 is 5.32 Å². The number of hydrogen-bond donors (Lipinski definition) is 1. The number of carbonyl (C=O) groups is 2. The molecule has 0 aliphatic rings. The van der Waals surface area contributed by atoms with Gasteiger partial charge in [-0.25, -0.2) is 4.79 Å². The molecule has 0 aliphatic carbocycles. The normalized spacial score (nSPS) is 10.4. The second-order valence-corrected chi connectivity index (χ2v) is 5.10. The molecule has 0 aliphatic heterocycles. The second-order valence-electron chi connectivity index (χ2n) is 5.10. The standard InChI is InChI=1S/C17H20N2O3/c1-5-22-17(21)13-6-8-14(9-7-13)18-16(20)15-10-11(2)19(4)12(15)3/h6-10H,5H2,1-4H3,(H,18,20). The van der Waals surface area contributed by atoms with E-state index < -0.39 is 0 Å². The Morgan fingerprint density at radius 3 is 2.32 bits per heavy atom. The fourth-order valence-corrected chi connectivity index (χ4v) is 2.19. The first-order chi connectivity index (χ1) is 10.4.